The van der Waals surface area contributed by atoms with Gasteiger partial charge in [-0.25, -0.2) is 4.98 Å². The first kappa shape index (κ1) is 14.5. The lowest BCUT2D eigenvalue weighted by atomic mass is 10.3. The minimum absolute atomic E-state index is 0.0851. The highest BCUT2D eigenvalue weighted by Crippen LogP contribution is 2.12. The van der Waals surface area contributed by atoms with Gasteiger partial charge in [0.25, 0.3) is 11.5 Å². The normalized spacial score (nSPS) is 10.5. The van der Waals surface area contributed by atoms with Gasteiger partial charge in [0, 0.05) is 24.8 Å². The van der Waals surface area contributed by atoms with E-state index in [9.17, 15) is 9.59 Å². The number of thiophene rings is 1. The Hall–Kier alpha value is -1.95. The molecule has 106 valence electrons. The molecule has 0 saturated heterocycles. The SMILES string of the molecule is CCc1cc(=O)n(CCNC(=O)c2cc(C)cs2)cn1. The summed E-state index contributed by atoms with van der Waals surface area (Å²) in [5.74, 6) is -0.103. The average Bonchev–Trinajstić information content (AvgIpc) is 2.87. The number of carbonyl (C=O) groups excluding carboxylic acids is 1. The van der Waals surface area contributed by atoms with E-state index in [2.05, 4.69) is 10.3 Å². The van der Waals surface area contributed by atoms with Crippen LogP contribution in [0.1, 0.15) is 27.9 Å². The van der Waals surface area contributed by atoms with Crippen molar-refractivity contribution in [1.82, 2.24) is 14.9 Å². The molecule has 20 heavy (non-hydrogen) atoms. The van der Waals surface area contributed by atoms with Gasteiger partial charge in [-0.1, -0.05) is 6.92 Å². The highest BCUT2D eigenvalue weighted by molar-refractivity contribution is 7.12. The number of aromatic nitrogens is 2. The molecule has 5 nitrogen and oxygen atoms in total. The molecule has 0 aromatic carbocycles. The van der Waals surface area contributed by atoms with Crippen LogP contribution in [-0.4, -0.2) is 22.0 Å². The van der Waals surface area contributed by atoms with Crippen LogP contribution in [0.25, 0.3) is 0 Å². The zero-order chi connectivity index (χ0) is 14.5. The molecule has 0 radical (unpaired) electrons. The van der Waals surface area contributed by atoms with Crippen LogP contribution in [0.2, 0.25) is 0 Å². The number of hydrogen-bond acceptors (Lipinski definition) is 4. The number of hydrogen-bond donors (Lipinski definition) is 1. The zero-order valence-corrected chi connectivity index (χ0v) is 12.4. The predicted octanol–water partition coefficient (Wildman–Crippen LogP) is 1.61. The van der Waals surface area contributed by atoms with E-state index in [-0.39, 0.29) is 11.5 Å². The number of nitrogens with zero attached hydrogens (tertiary/aromatic N) is 2. The second-order valence-electron chi connectivity index (χ2n) is 4.51. The molecular formula is C14H17N3O2S. The standard InChI is InChI=1S/C14H17N3O2S/c1-3-11-7-13(18)17(9-16-11)5-4-15-14(19)12-6-10(2)8-20-12/h6-9H,3-5H2,1-2H3,(H,15,19). The van der Waals surface area contributed by atoms with Crippen LogP contribution in [0.4, 0.5) is 0 Å². The number of carbonyl (C=O) groups is 1. The first-order valence-electron chi connectivity index (χ1n) is 6.49. The molecular weight excluding hydrogens is 274 g/mol. The first-order chi connectivity index (χ1) is 9.60. The summed E-state index contributed by atoms with van der Waals surface area (Å²) in [6, 6.07) is 3.38. The molecule has 2 rings (SSSR count). The maximum Gasteiger partial charge on any atom is 0.261 e. The molecule has 0 aliphatic rings. The van der Waals surface area contributed by atoms with Gasteiger partial charge in [0.05, 0.1) is 11.2 Å². The fourth-order valence-electron chi connectivity index (χ4n) is 1.75. The van der Waals surface area contributed by atoms with Gasteiger partial charge in [-0.15, -0.1) is 11.3 Å². The van der Waals surface area contributed by atoms with E-state index in [0.717, 1.165) is 17.7 Å². The lowest BCUT2D eigenvalue weighted by molar-refractivity contribution is 0.0956. The molecule has 2 aromatic heterocycles. The van der Waals surface area contributed by atoms with Crippen LogP contribution in [0.3, 0.4) is 0 Å². The van der Waals surface area contributed by atoms with Gasteiger partial charge >= 0.3 is 0 Å². The molecule has 2 heterocycles. The van der Waals surface area contributed by atoms with Crippen molar-refractivity contribution in [3.05, 3.63) is 50.3 Å². The van der Waals surface area contributed by atoms with E-state index in [1.165, 1.54) is 28.3 Å². The zero-order valence-electron chi connectivity index (χ0n) is 11.5. The third-order valence-electron chi connectivity index (χ3n) is 2.89. The smallest absolute Gasteiger partial charge is 0.261 e. The van der Waals surface area contributed by atoms with Crippen LogP contribution in [0.15, 0.2) is 28.6 Å². The summed E-state index contributed by atoms with van der Waals surface area (Å²) in [4.78, 5) is 28.4. The van der Waals surface area contributed by atoms with Crippen molar-refractivity contribution in [1.29, 1.82) is 0 Å². The molecule has 1 amide bonds. The summed E-state index contributed by atoms with van der Waals surface area (Å²) < 4.78 is 1.50. The molecule has 0 spiro atoms. The lowest BCUT2D eigenvalue weighted by Crippen LogP contribution is -2.30. The summed E-state index contributed by atoms with van der Waals surface area (Å²) >= 11 is 1.42. The Morgan fingerprint density at radius 1 is 1.45 bits per heavy atom. The van der Waals surface area contributed by atoms with E-state index < -0.39 is 0 Å². The minimum Gasteiger partial charge on any atom is -0.350 e. The molecule has 0 unspecified atom stereocenters. The van der Waals surface area contributed by atoms with Crippen molar-refractivity contribution in [3.8, 4) is 0 Å². The average molecular weight is 291 g/mol. The van der Waals surface area contributed by atoms with Crippen molar-refractivity contribution in [2.45, 2.75) is 26.8 Å². The van der Waals surface area contributed by atoms with Crippen molar-refractivity contribution >= 4 is 17.2 Å². The van der Waals surface area contributed by atoms with E-state index in [1.807, 2.05) is 25.3 Å². The van der Waals surface area contributed by atoms with Gasteiger partial charge in [-0.3, -0.25) is 14.2 Å². The van der Waals surface area contributed by atoms with Gasteiger partial charge in [0.1, 0.15) is 0 Å². The number of amides is 1. The van der Waals surface area contributed by atoms with Crippen LogP contribution in [0.5, 0.6) is 0 Å². The quantitative estimate of drug-likeness (QED) is 0.910. The first-order valence-corrected chi connectivity index (χ1v) is 7.37. The van der Waals surface area contributed by atoms with E-state index in [1.54, 1.807) is 0 Å². The Balaban J connectivity index is 1.90. The third kappa shape index (κ3) is 3.54. The molecule has 0 aliphatic heterocycles. The van der Waals surface area contributed by atoms with Crippen molar-refractivity contribution in [2.75, 3.05) is 6.54 Å². The topological polar surface area (TPSA) is 64.0 Å². The van der Waals surface area contributed by atoms with Crippen LogP contribution in [0, 0.1) is 6.92 Å². The van der Waals surface area contributed by atoms with Gasteiger partial charge in [0.15, 0.2) is 0 Å². The molecule has 2 aromatic rings. The Morgan fingerprint density at radius 3 is 2.85 bits per heavy atom. The third-order valence-corrected chi connectivity index (χ3v) is 3.94. The van der Waals surface area contributed by atoms with E-state index in [4.69, 9.17) is 0 Å². The fraction of sp³-hybridized carbons (Fsp3) is 0.357. The molecule has 0 fully saturated rings. The highest BCUT2D eigenvalue weighted by atomic mass is 32.1. The summed E-state index contributed by atoms with van der Waals surface area (Å²) in [7, 11) is 0. The van der Waals surface area contributed by atoms with Crippen LogP contribution < -0.4 is 10.9 Å². The van der Waals surface area contributed by atoms with Crippen molar-refractivity contribution in [2.24, 2.45) is 0 Å². The molecule has 0 saturated carbocycles. The van der Waals surface area contributed by atoms with Crippen molar-refractivity contribution < 1.29 is 4.79 Å². The van der Waals surface area contributed by atoms with E-state index in [0.29, 0.717) is 18.0 Å². The monoisotopic (exact) mass is 291 g/mol. The van der Waals surface area contributed by atoms with Crippen LogP contribution in [-0.2, 0) is 13.0 Å². The van der Waals surface area contributed by atoms with Crippen molar-refractivity contribution in [3.63, 3.8) is 0 Å². The van der Waals surface area contributed by atoms with E-state index >= 15 is 0 Å². The Kier molecular flexibility index (Phi) is 4.68. The second-order valence-corrected chi connectivity index (χ2v) is 5.42. The van der Waals surface area contributed by atoms with Crippen LogP contribution >= 0.6 is 11.3 Å². The minimum atomic E-state index is -0.103. The maximum absolute atomic E-state index is 11.8. The summed E-state index contributed by atoms with van der Waals surface area (Å²) in [6.45, 7) is 4.73. The van der Waals surface area contributed by atoms with Gasteiger partial charge in [-0.2, -0.15) is 0 Å². The largest absolute Gasteiger partial charge is 0.350 e. The molecule has 6 heteroatoms. The second kappa shape index (κ2) is 6.47. The Labute approximate surface area is 121 Å². The number of nitrogens with one attached hydrogen (secondary N) is 1. The lowest BCUT2D eigenvalue weighted by Gasteiger charge is -2.06. The summed E-state index contributed by atoms with van der Waals surface area (Å²) in [6.07, 6.45) is 2.27. The van der Waals surface area contributed by atoms with Gasteiger partial charge < -0.3 is 5.32 Å². The Bertz CT molecular complexity index is 660. The molecule has 1 N–H and O–H groups in total. The predicted molar refractivity (Wildman–Crippen MR) is 79.3 cm³/mol. The maximum atomic E-state index is 11.8. The number of aryl methyl sites for hydroxylation is 2. The fourth-order valence-corrected chi connectivity index (χ4v) is 2.57. The summed E-state index contributed by atoms with van der Waals surface area (Å²) in [5.41, 5.74) is 1.78. The van der Waals surface area contributed by atoms with Gasteiger partial charge in [-0.05, 0) is 30.4 Å². The van der Waals surface area contributed by atoms with Gasteiger partial charge in [0.2, 0.25) is 0 Å². The number of rotatable bonds is 5. The summed E-state index contributed by atoms with van der Waals surface area (Å²) in [5, 5.41) is 4.74. The molecule has 0 bridgehead atoms. The highest BCUT2D eigenvalue weighted by Gasteiger charge is 2.07. The molecule has 0 aliphatic carbocycles. The molecule has 0 atom stereocenters. The Morgan fingerprint density at radius 2 is 2.25 bits per heavy atom.